The lowest BCUT2D eigenvalue weighted by Crippen LogP contribution is -2.34. The van der Waals surface area contributed by atoms with Crippen molar-refractivity contribution in [2.45, 2.75) is 32.6 Å². The van der Waals surface area contributed by atoms with Gasteiger partial charge < -0.3 is 13.9 Å². The van der Waals surface area contributed by atoms with Crippen molar-refractivity contribution in [2.24, 2.45) is 10.9 Å². The summed E-state index contributed by atoms with van der Waals surface area (Å²) in [5.41, 5.74) is 11.5. The summed E-state index contributed by atoms with van der Waals surface area (Å²) in [4.78, 5) is 5.30. The van der Waals surface area contributed by atoms with Crippen molar-refractivity contribution in [1.29, 1.82) is 0 Å². The molecular formula is C45H35NO3. The topological polar surface area (TPSA) is 44.0 Å². The minimum atomic E-state index is -0.881. The fourth-order valence-electron chi connectivity index (χ4n) is 7.40. The second-order valence-corrected chi connectivity index (χ2v) is 13.4. The Morgan fingerprint density at radius 1 is 0.571 bits per heavy atom. The minimum Gasteiger partial charge on any atom is -0.455 e. The standard InChI is InChI=1S/C45H35NO3/c1-28-37(27-39(29-13-6-4-7-14-29)46-43(28)30-15-8-5-9-16-30)31-22-24-41-38(25-31)35-23-21-32(26-42(35)49-45(2,3)48-41)33-18-12-19-36-34-17-10-11-20-40(34)47-44(33)36/h4-28,43H,1-3H3. The highest BCUT2D eigenvalue weighted by atomic mass is 16.7. The van der Waals surface area contributed by atoms with Crippen LogP contribution in [0.2, 0.25) is 0 Å². The molecule has 0 spiro atoms. The van der Waals surface area contributed by atoms with Gasteiger partial charge in [0.15, 0.2) is 0 Å². The van der Waals surface area contributed by atoms with Gasteiger partial charge in [0.25, 0.3) is 0 Å². The fourth-order valence-corrected chi connectivity index (χ4v) is 7.40. The molecule has 238 valence electrons. The highest BCUT2D eigenvalue weighted by Crippen LogP contribution is 2.48. The lowest BCUT2D eigenvalue weighted by Gasteiger charge is -2.29. The van der Waals surface area contributed by atoms with Crippen molar-refractivity contribution in [3.8, 4) is 33.8 Å². The molecule has 0 bridgehead atoms. The van der Waals surface area contributed by atoms with Gasteiger partial charge in [0.05, 0.1) is 11.8 Å². The number of furan rings is 1. The van der Waals surface area contributed by atoms with Gasteiger partial charge in [0.2, 0.25) is 5.79 Å². The predicted molar refractivity (Wildman–Crippen MR) is 199 cm³/mol. The van der Waals surface area contributed by atoms with E-state index in [1.165, 1.54) is 11.1 Å². The Hall–Kier alpha value is -5.87. The van der Waals surface area contributed by atoms with E-state index in [1.807, 2.05) is 32.0 Å². The maximum atomic E-state index is 6.63. The summed E-state index contributed by atoms with van der Waals surface area (Å²) in [6, 6.07) is 48.5. The zero-order valence-electron chi connectivity index (χ0n) is 27.7. The molecule has 0 saturated heterocycles. The van der Waals surface area contributed by atoms with E-state index in [0.29, 0.717) is 0 Å². The first-order valence-electron chi connectivity index (χ1n) is 16.9. The number of rotatable bonds is 4. The maximum Gasteiger partial charge on any atom is 0.245 e. The number of aliphatic imine (C=N–C) groups is 1. The smallest absolute Gasteiger partial charge is 0.245 e. The third-order valence-corrected chi connectivity index (χ3v) is 9.76. The summed E-state index contributed by atoms with van der Waals surface area (Å²) >= 11 is 0. The number of ether oxygens (including phenoxy) is 2. The molecule has 0 radical (unpaired) electrons. The summed E-state index contributed by atoms with van der Waals surface area (Å²) in [6.45, 7) is 6.21. The van der Waals surface area contributed by atoms with Crippen molar-refractivity contribution in [2.75, 3.05) is 0 Å². The van der Waals surface area contributed by atoms with Crippen LogP contribution < -0.4 is 9.47 Å². The van der Waals surface area contributed by atoms with Crippen LogP contribution in [0.4, 0.5) is 0 Å². The SMILES string of the molecule is CC1C(c2ccc3c(c2)-c2ccc(-c4cccc5c4oc4ccccc45)cc2OC(C)(C)O3)=CC(c2ccccc2)=NC1c1ccccc1. The number of nitrogens with zero attached hydrogens (tertiary/aromatic N) is 1. The molecule has 49 heavy (non-hydrogen) atoms. The Morgan fingerprint density at radius 3 is 2.12 bits per heavy atom. The lowest BCUT2D eigenvalue weighted by molar-refractivity contribution is -0.0778. The van der Waals surface area contributed by atoms with Crippen LogP contribution >= 0.6 is 0 Å². The van der Waals surface area contributed by atoms with Crippen LogP contribution in [0.5, 0.6) is 11.5 Å². The van der Waals surface area contributed by atoms with E-state index in [1.54, 1.807) is 0 Å². The predicted octanol–water partition coefficient (Wildman–Crippen LogP) is 11.7. The summed E-state index contributed by atoms with van der Waals surface area (Å²) in [7, 11) is 0. The number of hydrogen-bond donors (Lipinski definition) is 0. The van der Waals surface area contributed by atoms with E-state index in [2.05, 4.69) is 134 Å². The molecule has 0 fully saturated rings. The van der Waals surface area contributed by atoms with Crippen molar-refractivity contribution in [1.82, 2.24) is 0 Å². The first-order valence-corrected chi connectivity index (χ1v) is 16.9. The molecule has 0 amide bonds. The van der Waals surface area contributed by atoms with Crippen LogP contribution in [-0.4, -0.2) is 11.5 Å². The van der Waals surface area contributed by atoms with E-state index in [-0.39, 0.29) is 12.0 Å². The molecule has 0 saturated carbocycles. The van der Waals surface area contributed by atoms with Gasteiger partial charge in [-0.3, -0.25) is 4.99 Å². The first kappa shape index (κ1) is 29.3. The molecule has 9 rings (SSSR count). The Balaban J connectivity index is 1.17. The van der Waals surface area contributed by atoms with E-state index < -0.39 is 5.79 Å². The number of hydrogen-bond acceptors (Lipinski definition) is 4. The van der Waals surface area contributed by atoms with Crippen LogP contribution in [0.25, 0.3) is 49.8 Å². The van der Waals surface area contributed by atoms with Crippen LogP contribution in [0, 0.1) is 5.92 Å². The van der Waals surface area contributed by atoms with Crippen molar-refractivity contribution >= 4 is 33.2 Å². The third kappa shape index (κ3) is 5.12. The largest absolute Gasteiger partial charge is 0.455 e. The molecule has 1 aromatic heterocycles. The van der Waals surface area contributed by atoms with Gasteiger partial charge in [0, 0.05) is 47.2 Å². The van der Waals surface area contributed by atoms with Gasteiger partial charge >= 0.3 is 0 Å². The van der Waals surface area contributed by atoms with E-state index in [9.17, 15) is 0 Å². The van der Waals surface area contributed by atoms with Crippen LogP contribution in [-0.2, 0) is 0 Å². The molecular weight excluding hydrogens is 602 g/mol. The molecule has 3 heterocycles. The van der Waals surface area contributed by atoms with Gasteiger partial charge in [-0.15, -0.1) is 0 Å². The average molecular weight is 638 g/mol. The Morgan fingerprint density at radius 2 is 1.29 bits per heavy atom. The Labute approximate surface area is 286 Å². The minimum absolute atomic E-state index is 0.00969. The highest BCUT2D eigenvalue weighted by Gasteiger charge is 2.32. The number of fused-ring (bicyclic) bond motifs is 6. The highest BCUT2D eigenvalue weighted by molar-refractivity contribution is 6.13. The number of dihydropyridines is 1. The number of benzene rings is 6. The van der Waals surface area contributed by atoms with Crippen LogP contribution in [0.15, 0.2) is 155 Å². The second-order valence-electron chi connectivity index (χ2n) is 13.4. The van der Waals surface area contributed by atoms with Crippen molar-refractivity contribution in [3.05, 3.63) is 162 Å². The zero-order chi connectivity index (χ0) is 33.1. The maximum absolute atomic E-state index is 6.63. The van der Waals surface area contributed by atoms with Gasteiger partial charge in [-0.25, -0.2) is 0 Å². The quantitative estimate of drug-likeness (QED) is 0.193. The molecule has 2 aliphatic heterocycles. The summed E-state index contributed by atoms with van der Waals surface area (Å²) < 4.78 is 19.6. The van der Waals surface area contributed by atoms with Crippen molar-refractivity contribution in [3.63, 3.8) is 0 Å². The third-order valence-electron chi connectivity index (χ3n) is 9.76. The summed E-state index contributed by atoms with van der Waals surface area (Å²) in [5, 5.41) is 2.22. The molecule has 6 aromatic carbocycles. The molecule has 2 atom stereocenters. The van der Waals surface area contributed by atoms with Crippen LogP contribution in [0.1, 0.15) is 43.5 Å². The van der Waals surface area contributed by atoms with Crippen molar-refractivity contribution < 1.29 is 13.9 Å². The van der Waals surface area contributed by atoms with E-state index >= 15 is 0 Å². The summed E-state index contributed by atoms with van der Waals surface area (Å²) in [5.74, 6) is 0.832. The second kappa shape index (κ2) is 11.4. The molecule has 4 heteroatoms. The average Bonchev–Trinajstić information content (AvgIpc) is 3.46. The van der Waals surface area contributed by atoms with Crippen LogP contribution in [0.3, 0.4) is 0 Å². The van der Waals surface area contributed by atoms with Gasteiger partial charge in [-0.1, -0.05) is 116 Å². The molecule has 2 unspecified atom stereocenters. The molecule has 0 N–H and O–H groups in total. The normalized spacial score (nSPS) is 18.0. The lowest BCUT2D eigenvalue weighted by atomic mass is 9.81. The van der Waals surface area contributed by atoms with Gasteiger partial charge in [-0.2, -0.15) is 0 Å². The first-order chi connectivity index (χ1) is 23.9. The monoisotopic (exact) mass is 637 g/mol. The summed E-state index contributed by atoms with van der Waals surface area (Å²) in [6.07, 6.45) is 2.26. The zero-order valence-corrected chi connectivity index (χ0v) is 27.7. The van der Waals surface area contributed by atoms with Gasteiger partial charge in [0.1, 0.15) is 22.7 Å². The Kier molecular flexibility index (Phi) is 6.80. The van der Waals surface area contributed by atoms with Gasteiger partial charge in [-0.05, 0) is 64.2 Å². The Bertz CT molecular complexity index is 2440. The van der Waals surface area contributed by atoms with E-state index in [4.69, 9.17) is 18.9 Å². The number of allylic oxidation sites excluding steroid dienone is 1. The number of para-hydroxylation sites is 2. The fraction of sp³-hybridized carbons (Fsp3) is 0.133. The molecule has 4 nitrogen and oxygen atoms in total. The molecule has 0 aliphatic carbocycles. The molecule has 2 aliphatic rings. The molecule has 7 aromatic rings. The van der Waals surface area contributed by atoms with E-state index in [0.717, 1.165) is 72.5 Å².